The Morgan fingerprint density at radius 2 is 1.37 bits per heavy atom. The summed E-state index contributed by atoms with van der Waals surface area (Å²) in [6.07, 6.45) is 0. The summed E-state index contributed by atoms with van der Waals surface area (Å²) in [6.45, 7) is 8.00. The van der Waals surface area contributed by atoms with Crippen LogP contribution in [-0.4, -0.2) is 26.6 Å². The van der Waals surface area contributed by atoms with Crippen molar-refractivity contribution >= 4 is 16.8 Å². The lowest BCUT2D eigenvalue weighted by Crippen LogP contribution is -2.00. The fourth-order valence-corrected chi connectivity index (χ4v) is 1.40. The van der Waals surface area contributed by atoms with E-state index in [0.29, 0.717) is 11.5 Å². The highest BCUT2D eigenvalue weighted by molar-refractivity contribution is 6.68. The van der Waals surface area contributed by atoms with Crippen LogP contribution in [0.1, 0.15) is 38.1 Å². The average molecular weight is 291 g/mol. The van der Waals surface area contributed by atoms with Crippen LogP contribution in [-0.2, 0) is 0 Å². The van der Waals surface area contributed by atoms with E-state index in [2.05, 4.69) is 0 Å². The summed E-state index contributed by atoms with van der Waals surface area (Å²) >= 11 is 5.40. The van der Waals surface area contributed by atoms with Crippen LogP contribution in [0, 0.1) is 0 Å². The van der Waals surface area contributed by atoms with Gasteiger partial charge in [-0.3, -0.25) is 4.79 Å². The Morgan fingerprint density at radius 3 is 1.68 bits per heavy atom. The highest BCUT2D eigenvalue weighted by Gasteiger charge is 2.18. The summed E-state index contributed by atoms with van der Waals surface area (Å²) in [6, 6.07) is 3.12. The summed E-state index contributed by atoms with van der Waals surface area (Å²) in [5, 5.41) is -0.604. The first kappa shape index (κ1) is 19.9. The lowest BCUT2D eigenvalue weighted by Gasteiger charge is -2.13. The topological polar surface area (TPSA) is 44.8 Å². The second kappa shape index (κ2) is 11.7. The van der Waals surface area contributed by atoms with Crippen molar-refractivity contribution in [3.63, 3.8) is 0 Å². The van der Waals surface area contributed by atoms with E-state index in [9.17, 15) is 4.79 Å². The number of hydrogen-bond acceptors (Lipinski definition) is 4. The van der Waals surface area contributed by atoms with Gasteiger partial charge in [0.05, 0.1) is 26.9 Å². The first-order valence-electron chi connectivity index (χ1n) is 6.14. The van der Waals surface area contributed by atoms with E-state index >= 15 is 0 Å². The van der Waals surface area contributed by atoms with Crippen molar-refractivity contribution in [2.24, 2.45) is 0 Å². The van der Waals surface area contributed by atoms with E-state index in [4.69, 9.17) is 25.8 Å². The minimum atomic E-state index is -0.604. The van der Waals surface area contributed by atoms with Crippen LogP contribution in [0.25, 0.3) is 0 Å². The molecule has 0 amide bonds. The zero-order valence-electron chi connectivity index (χ0n) is 12.7. The zero-order valence-corrected chi connectivity index (χ0v) is 13.4. The molecule has 0 heterocycles. The van der Waals surface area contributed by atoms with Crippen molar-refractivity contribution in [1.29, 1.82) is 0 Å². The van der Waals surface area contributed by atoms with E-state index < -0.39 is 5.24 Å². The third kappa shape index (κ3) is 5.39. The van der Waals surface area contributed by atoms with Gasteiger partial charge >= 0.3 is 0 Å². The van der Waals surface area contributed by atoms with E-state index in [1.54, 1.807) is 6.07 Å². The maximum Gasteiger partial charge on any atom is 0.256 e. The third-order valence-corrected chi connectivity index (χ3v) is 2.12. The molecular weight excluding hydrogens is 268 g/mol. The predicted molar refractivity (Wildman–Crippen MR) is 79.0 cm³/mol. The largest absolute Gasteiger partial charge is 0.493 e. The molecule has 0 saturated heterocycles. The molecule has 5 heteroatoms. The van der Waals surface area contributed by atoms with Gasteiger partial charge in [-0.25, -0.2) is 0 Å². The van der Waals surface area contributed by atoms with Crippen molar-refractivity contribution in [2.75, 3.05) is 21.3 Å². The summed E-state index contributed by atoms with van der Waals surface area (Å²) < 4.78 is 15.2. The molecule has 0 aliphatic rings. The van der Waals surface area contributed by atoms with Gasteiger partial charge in [0.15, 0.2) is 11.5 Å². The number of carbonyl (C=O) groups is 1. The summed E-state index contributed by atoms with van der Waals surface area (Å²) in [4.78, 5) is 11.1. The number of rotatable bonds is 4. The van der Waals surface area contributed by atoms with Crippen molar-refractivity contribution in [3.8, 4) is 17.2 Å². The normalized spacial score (nSPS) is 8.21. The standard InChI is InChI=1S/C10H11ClO4.2C2H6/c1-13-7-5-4-6(10(11)12)8(14-2)9(7)15-3;2*1-2/h4-5H,1-3H3;2*1-2H3. The number of ether oxygens (including phenoxy) is 3. The summed E-state index contributed by atoms with van der Waals surface area (Å²) in [7, 11) is 4.39. The quantitative estimate of drug-likeness (QED) is 0.782. The molecule has 0 radical (unpaired) electrons. The molecule has 0 atom stereocenters. The van der Waals surface area contributed by atoms with Gasteiger partial charge in [-0.15, -0.1) is 0 Å². The number of carbonyl (C=O) groups excluding carboxylic acids is 1. The SMILES string of the molecule is CC.CC.COc1ccc(C(=O)Cl)c(OC)c1OC. The monoisotopic (exact) mass is 290 g/mol. The molecule has 110 valence electrons. The van der Waals surface area contributed by atoms with Crippen LogP contribution in [0.15, 0.2) is 12.1 Å². The highest BCUT2D eigenvalue weighted by atomic mass is 35.5. The molecule has 0 spiro atoms. The maximum absolute atomic E-state index is 11.1. The van der Waals surface area contributed by atoms with E-state index in [-0.39, 0.29) is 11.3 Å². The van der Waals surface area contributed by atoms with E-state index in [1.165, 1.54) is 27.4 Å². The van der Waals surface area contributed by atoms with Gasteiger partial charge in [0.25, 0.3) is 5.24 Å². The third-order valence-electron chi connectivity index (χ3n) is 1.92. The Morgan fingerprint density at radius 1 is 0.895 bits per heavy atom. The Balaban J connectivity index is 0. The van der Waals surface area contributed by atoms with Gasteiger partial charge in [-0.05, 0) is 23.7 Å². The predicted octanol–water partition coefficient (Wildman–Crippen LogP) is 4.14. The molecule has 0 N–H and O–H groups in total. The molecule has 4 nitrogen and oxygen atoms in total. The van der Waals surface area contributed by atoms with Gasteiger partial charge in [-0.1, -0.05) is 27.7 Å². The van der Waals surface area contributed by atoms with Crippen molar-refractivity contribution < 1.29 is 19.0 Å². The van der Waals surface area contributed by atoms with Gasteiger partial charge in [-0.2, -0.15) is 0 Å². The van der Waals surface area contributed by atoms with Crippen molar-refractivity contribution in [1.82, 2.24) is 0 Å². The molecule has 0 aliphatic carbocycles. The van der Waals surface area contributed by atoms with Crippen molar-refractivity contribution in [2.45, 2.75) is 27.7 Å². The molecule has 0 unspecified atom stereocenters. The Bertz CT molecular complexity index is 378. The Hall–Kier alpha value is -1.42. The number of halogens is 1. The molecule has 1 aromatic rings. The van der Waals surface area contributed by atoms with Gasteiger partial charge in [0.2, 0.25) is 5.75 Å². The Labute approximate surface area is 120 Å². The second-order valence-corrected chi connectivity index (χ2v) is 3.00. The molecule has 0 fully saturated rings. The first-order chi connectivity index (χ1) is 9.15. The van der Waals surface area contributed by atoms with Crippen LogP contribution in [0.2, 0.25) is 0 Å². The van der Waals surface area contributed by atoms with Crippen LogP contribution < -0.4 is 14.2 Å². The van der Waals surface area contributed by atoms with Crippen LogP contribution >= 0.6 is 11.6 Å². The zero-order chi connectivity index (χ0) is 15.4. The average Bonchev–Trinajstić information content (AvgIpc) is 2.49. The minimum absolute atomic E-state index is 0.247. The van der Waals surface area contributed by atoms with E-state index in [1.807, 2.05) is 27.7 Å². The fraction of sp³-hybridized carbons (Fsp3) is 0.500. The minimum Gasteiger partial charge on any atom is -0.493 e. The molecule has 19 heavy (non-hydrogen) atoms. The molecule has 0 aliphatic heterocycles. The highest BCUT2D eigenvalue weighted by Crippen LogP contribution is 2.40. The number of benzene rings is 1. The summed E-state index contributed by atoms with van der Waals surface area (Å²) in [5.74, 6) is 1.11. The Kier molecular flexibility index (Phi) is 12.2. The summed E-state index contributed by atoms with van der Waals surface area (Å²) in [5.41, 5.74) is 0.247. The second-order valence-electron chi connectivity index (χ2n) is 2.66. The number of hydrogen-bond donors (Lipinski definition) is 0. The maximum atomic E-state index is 11.1. The smallest absolute Gasteiger partial charge is 0.256 e. The first-order valence-corrected chi connectivity index (χ1v) is 6.52. The van der Waals surface area contributed by atoms with Gasteiger partial charge < -0.3 is 14.2 Å². The molecule has 0 saturated carbocycles. The van der Waals surface area contributed by atoms with Crippen LogP contribution in [0.4, 0.5) is 0 Å². The van der Waals surface area contributed by atoms with Crippen LogP contribution in [0.5, 0.6) is 17.2 Å². The van der Waals surface area contributed by atoms with Gasteiger partial charge in [0, 0.05) is 0 Å². The van der Waals surface area contributed by atoms with Crippen LogP contribution in [0.3, 0.4) is 0 Å². The molecule has 1 aromatic carbocycles. The molecule has 0 aromatic heterocycles. The molecular formula is C14H23ClO4. The van der Waals surface area contributed by atoms with Gasteiger partial charge in [0.1, 0.15) is 0 Å². The fourth-order valence-electron chi connectivity index (χ4n) is 1.26. The van der Waals surface area contributed by atoms with E-state index in [0.717, 1.165) is 0 Å². The van der Waals surface area contributed by atoms with Crippen molar-refractivity contribution in [3.05, 3.63) is 17.7 Å². The molecule has 1 rings (SSSR count). The number of methoxy groups -OCH3 is 3. The molecule has 0 bridgehead atoms. The lowest BCUT2D eigenvalue weighted by molar-refractivity contribution is 0.107. The lowest BCUT2D eigenvalue weighted by atomic mass is 10.2.